The van der Waals surface area contributed by atoms with Gasteiger partial charge in [0, 0.05) is 30.7 Å². The molecule has 17 heavy (non-hydrogen) atoms. The Kier molecular flexibility index (Phi) is 3.70. The zero-order valence-corrected chi connectivity index (χ0v) is 11.2. The Hall–Kier alpha value is -0.660. The predicted molar refractivity (Wildman–Crippen MR) is 63.4 cm³/mol. The van der Waals surface area contributed by atoms with Crippen LogP contribution in [0.25, 0.3) is 0 Å². The van der Waals surface area contributed by atoms with Gasteiger partial charge >= 0.3 is 0 Å². The maximum atomic E-state index is 11.2. The summed E-state index contributed by atoms with van der Waals surface area (Å²) in [5.41, 5.74) is 0. The normalized spacial score (nSPS) is 17.8. The molecule has 1 aliphatic heterocycles. The molecule has 0 bridgehead atoms. The van der Waals surface area contributed by atoms with Crippen LogP contribution in [0.2, 0.25) is 0 Å². The van der Waals surface area contributed by atoms with Crippen LogP contribution in [0.3, 0.4) is 0 Å². The second-order valence-electron chi connectivity index (χ2n) is 4.19. The standard InChI is InChI=1S/C9H15ClN4O2S/c1-13-8(4-7-14-5-2-3-6-14)11-12-9(13)17(10,15)16/h2-7H2,1H3. The zero-order chi connectivity index (χ0) is 12.5. The minimum atomic E-state index is -3.80. The number of likely N-dealkylation sites (tertiary alicyclic amines) is 1. The van der Waals surface area contributed by atoms with Gasteiger partial charge in [-0.05, 0) is 25.9 Å². The number of rotatable bonds is 4. The van der Waals surface area contributed by atoms with E-state index in [-0.39, 0.29) is 5.16 Å². The van der Waals surface area contributed by atoms with Crippen molar-refractivity contribution in [3.05, 3.63) is 5.82 Å². The number of hydrogen-bond donors (Lipinski definition) is 0. The maximum absolute atomic E-state index is 11.2. The van der Waals surface area contributed by atoms with E-state index in [9.17, 15) is 8.42 Å². The van der Waals surface area contributed by atoms with Crippen LogP contribution >= 0.6 is 10.7 Å². The highest BCUT2D eigenvalue weighted by molar-refractivity contribution is 8.13. The zero-order valence-electron chi connectivity index (χ0n) is 9.63. The van der Waals surface area contributed by atoms with Crippen LogP contribution in [0.15, 0.2) is 5.16 Å². The van der Waals surface area contributed by atoms with Crippen LogP contribution in [-0.4, -0.2) is 47.7 Å². The summed E-state index contributed by atoms with van der Waals surface area (Å²) in [6.07, 6.45) is 3.16. The molecule has 0 unspecified atom stereocenters. The molecular weight excluding hydrogens is 264 g/mol. The third-order valence-electron chi connectivity index (χ3n) is 2.99. The summed E-state index contributed by atoms with van der Waals surface area (Å²) in [5.74, 6) is 0.649. The lowest BCUT2D eigenvalue weighted by molar-refractivity contribution is 0.339. The van der Waals surface area contributed by atoms with Gasteiger partial charge in [-0.15, -0.1) is 10.2 Å². The van der Waals surface area contributed by atoms with E-state index in [0.29, 0.717) is 12.2 Å². The first-order chi connectivity index (χ1) is 7.98. The molecule has 0 radical (unpaired) electrons. The molecule has 0 N–H and O–H groups in total. The number of aromatic nitrogens is 3. The highest BCUT2D eigenvalue weighted by Crippen LogP contribution is 2.13. The van der Waals surface area contributed by atoms with Crippen molar-refractivity contribution in [1.82, 2.24) is 19.7 Å². The molecule has 2 rings (SSSR count). The van der Waals surface area contributed by atoms with E-state index in [1.165, 1.54) is 17.4 Å². The van der Waals surface area contributed by atoms with Gasteiger partial charge in [0.1, 0.15) is 5.82 Å². The van der Waals surface area contributed by atoms with Gasteiger partial charge < -0.3 is 9.47 Å². The Morgan fingerprint density at radius 2 is 1.94 bits per heavy atom. The van der Waals surface area contributed by atoms with Gasteiger partial charge in [0.15, 0.2) is 0 Å². The van der Waals surface area contributed by atoms with Crippen LogP contribution in [0.1, 0.15) is 18.7 Å². The van der Waals surface area contributed by atoms with Crippen molar-refractivity contribution < 1.29 is 8.42 Å². The van der Waals surface area contributed by atoms with Crippen LogP contribution in [0, 0.1) is 0 Å². The average Bonchev–Trinajstić information content (AvgIpc) is 2.83. The fraction of sp³-hybridized carbons (Fsp3) is 0.778. The summed E-state index contributed by atoms with van der Waals surface area (Å²) in [7, 11) is 3.06. The fourth-order valence-corrected chi connectivity index (χ4v) is 3.01. The van der Waals surface area contributed by atoms with Crippen molar-refractivity contribution >= 4 is 19.7 Å². The van der Waals surface area contributed by atoms with E-state index in [4.69, 9.17) is 10.7 Å². The summed E-state index contributed by atoms with van der Waals surface area (Å²) >= 11 is 0. The minimum absolute atomic E-state index is 0.185. The number of hydrogen-bond acceptors (Lipinski definition) is 5. The van der Waals surface area contributed by atoms with Gasteiger partial charge in [-0.3, -0.25) is 0 Å². The lowest BCUT2D eigenvalue weighted by Crippen LogP contribution is -2.23. The average molecular weight is 279 g/mol. The third kappa shape index (κ3) is 2.97. The van der Waals surface area contributed by atoms with E-state index in [0.717, 1.165) is 19.6 Å². The maximum Gasteiger partial charge on any atom is 0.296 e. The number of halogens is 1. The molecule has 1 saturated heterocycles. The molecule has 1 fully saturated rings. The monoisotopic (exact) mass is 278 g/mol. The Morgan fingerprint density at radius 3 is 2.47 bits per heavy atom. The lowest BCUT2D eigenvalue weighted by atomic mass is 10.4. The molecule has 0 spiro atoms. The second-order valence-corrected chi connectivity index (χ2v) is 6.65. The van der Waals surface area contributed by atoms with Gasteiger partial charge in [-0.25, -0.2) is 8.42 Å². The smallest absolute Gasteiger partial charge is 0.296 e. The molecule has 1 aromatic rings. The van der Waals surface area contributed by atoms with Crippen molar-refractivity contribution in [3.8, 4) is 0 Å². The predicted octanol–water partition coefficient (Wildman–Crippen LogP) is 0.381. The summed E-state index contributed by atoms with van der Waals surface area (Å²) in [4.78, 5) is 2.34. The molecule has 0 amide bonds. The molecule has 0 atom stereocenters. The SMILES string of the molecule is Cn1c(CCN2CCCC2)nnc1S(=O)(=O)Cl. The first kappa shape index (κ1) is 12.8. The van der Waals surface area contributed by atoms with Gasteiger partial charge in [-0.2, -0.15) is 0 Å². The Morgan fingerprint density at radius 1 is 1.29 bits per heavy atom. The minimum Gasteiger partial charge on any atom is -0.304 e. The molecule has 96 valence electrons. The largest absolute Gasteiger partial charge is 0.304 e. The second kappa shape index (κ2) is 4.91. The summed E-state index contributed by atoms with van der Waals surface area (Å²) in [6, 6.07) is 0. The molecule has 0 saturated carbocycles. The van der Waals surface area contributed by atoms with Crippen molar-refractivity contribution in [1.29, 1.82) is 0 Å². The first-order valence-corrected chi connectivity index (χ1v) is 7.84. The molecule has 1 aliphatic rings. The Balaban J connectivity index is 2.04. The van der Waals surface area contributed by atoms with Gasteiger partial charge in [0.25, 0.3) is 14.2 Å². The van der Waals surface area contributed by atoms with Gasteiger partial charge in [0.05, 0.1) is 0 Å². The van der Waals surface area contributed by atoms with Crippen LogP contribution in [-0.2, 0) is 22.5 Å². The summed E-state index contributed by atoms with van der Waals surface area (Å²) in [6.45, 7) is 3.10. The van der Waals surface area contributed by atoms with E-state index >= 15 is 0 Å². The quantitative estimate of drug-likeness (QED) is 0.745. The van der Waals surface area contributed by atoms with E-state index in [2.05, 4.69) is 15.1 Å². The molecule has 0 aromatic carbocycles. The topological polar surface area (TPSA) is 68.1 Å². The van der Waals surface area contributed by atoms with Crippen molar-refractivity contribution in [2.75, 3.05) is 19.6 Å². The highest BCUT2D eigenvalue weighted by Gasteiger charge is 2.20. The molecule has 2 heterocycles. The van der Waals surface area contributed by atoms with E-state index < -0.39 is 9.05 Å². The fourth-order valence-electron chi connectivity index (χ4n) is 2.04. The molecule has 8 heteroatoms. The summed E-state index contributed by atoms with van der Waals surface area (Å²) in [5, 5.41) is 7.29. The third-order valence-corrected chi connectivity index (χ3v) is 4.20. The summed E-state index contributed by atoms with van der Waals surface area (Å²) < 4.78 is 23.8. The first-order valence-electron chi connectivity index (χ1n) is 5.54. The van der Waals surface area contributed by atoms with Crippen molar-refractivity contribution in [2.24, 2.45) is 7.05 Å². The lowest BCUT2D eigenvalue weighted by Gasteiger charge is -2.13. The molecule has 0 aliphatic carbocycles. The van der Waals surface area contributed by atoms with Crippen molar-refractivity contribution in [2.45, 2.75) is 24.4 Å². The van der Waals surface area contributed by atoms with Crippen LogP contribution in [0.5, 0.6) is 0 Å². The van der Waals surface area contributed by atoms with E-state index in [1.54, 1.807) is 7.05 Å². The molecule has 1 aromatic heterocycles. The highest BCUT2D eigenvalue weighted by atomic mass is 35.7. The molecule has 6 nitrogen and oxygen atoms in total. The Bertz CT molecular complexity index is 493. The van der Waals surface area contributed by atoms with E-state index in [1.807, 2.05) is 0 Å². The van der Waals surface area contributed by atoms with Gasteiger partial charge in [0.2, 0.25) is 0 Å². The Labute approximate surface area is 105 Å². The molecular formula is C9H15ClN4O2S. The van der Waals surface area contributed by atoms with Crippen LogP contribution in [0.4, 0.5) is 0 Å². The van der Waals surface area contributed by atoms with Crippen LogP contribution < -0.4 is 0 Å². The van der Waals surface area contributed by atoms with Gasteiger partial charge in [-0.1, -0.05) is 0 Å². The number of nitrogens with zero attached hydrogens (tertiary/aromatic N) is 4. The van der Waals surface area contributed by atoms with Crippen molar-refractivity contribution in [3.63, 3.8) is 0 Å².